The first kappa shape index (κ1) is 20.5. The number of benzene rings is 3. The van der Waals surface area contributed by atoms with E-state index in [1.54, 1.807) is 24.3 Å². The molecule has 0 radical (unpaired) electrons. The fourth-order valence-electron chi connectivity index (χ4n) is 3.65. The molecule has 1 aromatic heterocycles. The van der Waals surface area contributed by atoms with Crippen LogP contribution in [-0.2, 0) is 6.54 Å². The number of hydrogen-bond acceptors (Lipinski definition) is 1. The molecule has 4 aromatic rings. The van der Waals surface area contributed by atoms with Gasteiger partial charge in [-0.2, -0.15) is 0 Å². The zero-order valence-electron chi connectivity index (χ0n) is 17.3. The normalized spacial score (nSPS) is 10.8. The zero-order chi connectivity index (χ0) is 22.0. The van der Waals surface area contributed by atoms with Crippen LogP contribution in [0.3, 0.4) is 0 Å². The molecule has 0 unspecified atom stereocenters. The molecular weight excluding hydrogens is 394 g/mol. The number of hydrogen-bond donors (Lipinski definition) is 1. The summed E-state index contributed by atoms with van der Waals surface area (Å²) in [5, 5.41) is 2.90. The smallest absolute Gasteiger partial charge is 0.253 e. The van der Waals surface area contributed by atoms with Crippen LogP contribution >= 0.6 is 0 Å². The van der Waals surface area contributed by atoms with Gasteiger partial charge in [0.25, 0.3) is 5.91 Å². The van der Waals surface area contributed by atoms with E-state index in [1.807, 2.05) is 48.7 Å². The van der Waals surface area contributed by atoms with Crippen LogP contribution in [0.1, 0.15) is 27.2 Å². The Morgan fingerprint density at radius 3 is 2.16 bits per heavy atom. The Morgan fingerprint density at radius 2 is 1.52 bits per heavy atom. The van der Waals surface area contributed by atoms with Gasteiger partial charge < -0.3 is 9.88 Å². The number of rotatable bonds is 5. The molecule has 0 fully saturated rings. The van der Waals surface area contributed by atoms with Crippen LogP contribution in [0.25, 0.3) is 16.9 Å². The van der Waals surface area contributed by atoms with Crippen LogP contribution in [0.2, 0.25) is 0 Å². The van der Waals surface area contributed by atoms with Gasteiger partial charge in [0, 0.05) is 17.9 Å². The van der Waals surface area contributed by atoms with Gasteiger partial charge in [-0.3, -0.25) is 4.79 Å². The average Bonchev–Trinajstić information content (AvgIpc) is 3.11. The molecule has 1 N–H and O–H groups in total. The number of aryl methyl sites for hydroxylation is 1. The van der Waals surface area contributed by atoms with Gasteiger partial charge in [-0.1, -0.05) is 24.3 Å². The second kappa shape index (κ2) is 8.56. The van der Waals surface area contributed by atoms with Crippen molar-refractivity contribution in [2.45, 2.75) is 20.4 Å². The van der Waals surface area contributed by atoms with E-state index < -0.39 is 0 Å². The van der Waals surface area contributed by atoms with Crippen molar-refractivity contribution >= 4 is 5.91 Å². The molecule has 0 bridgehead atoms. The number of nitrogens with zero attached hydrogens (tertiary/aromatic N) is 1. The molecule has 0 saturated carbocycles. The van der Waals surface area contributed by atoms with Crippen molar-refractivity contribution in [3.63, 3.8) is 0 Å². The number of amides is 1. The fourth-order valence-corrected chi connectivity index (χ4v) is 3.65. The Labute approximate surface area is 180 Å². The van der Waals surface area contributed by atoms with E-state index in [0.29, 0.717) is 12.1 Å². The third-order valence-electron chi connectivity index (χ3n) is 5.26. The van der Waals surface area contributed by atoms with Crippen LogP contribution in [0, 0.1) is 25.5 Å². The van der Waals surface area contributed by atoms with E-state index in [4.69, 9.17) is 0 Å². The lowest BCUT2D eigenvalue weighted by atomic mass is 10.1. The average molecular weight is 416 g/mol. The van der Waals surface area contributed by atoms with Gasteiger partial charge in [0.1, 0.15) is 11.6 Å². The minimum Gasteiger partial charge on any atom is -0.348 e. The molecule has 31 heavy (non-hydrogen) atoms. The molecule has 0 spiro atoms. The van der Waals surface area contributed by atoms with Gasteiger partial charge in [-0.25, -0.2) is 8.78 Å². The fraction of sp³-hybridized carbons (Fsp3) is 0.115. The topological polar surface area (TPSA) is 34.0 Å². The molecule has 1 amide bonds. The molecule has 0 saturated heterocycles. The monoisotopic (exact) mass is 416 g/mol. The van der Waals surface area contributed by atoms with Gasteiger partial charge in [0.2, 0.25) is 0 Å². The quantitative estimate of drug-likeness (QED) is 0.427. The standard InChI is InChI=1S/C26H22F2N2O/c1-17-4-3-5-23(14-17)30-18(2)24(15-25(30)20-8-12-22(28)13-9-20)26(31)29-16-19-6-10-21(27)11-7-19/h3-15H,16H2,1-2H3,(H,29,31). The summed E-state index contributed by atoms with van der Waals surface area (Å²) in [6.07, 6.45) is 0. The Kier molecular flexibility index (Phi) is 5.67. The van der Waals surface area contributed by atoms with Crippen molar-refractivity contribution in [3.05, 3.63) is 113 Å². The lowest BCUT2D eigenvalue weighted by molar-refractivity contribution is 0.0950. The highest BCUT2D eigenvalue weighted by Gasteiger charge is 2.19. The highest BCUT2D eigenvalue weighted by atomic mass is 19.1. The second-order valence-corrected chi connectivity index (χ2v) is 7.52. The molecule has 0 aliphatic rings. The Bertz CT molecular complexity index is 1230. The highest BCUT2D eigenvalue weighted by Crippen LogP contribution is 2.30. The van der Waals surface area contributed by atoms with Gasteiger partial charge in [0.05, 0.1) is 11.3 Å². The SMILES string of the molecule is Cc1cccc(-n2c(-c3ccc(F)cc3)cc(C(=O)NCc3ccc(F)cc3)c2C)c1. The molecule has 0 atom stereocenters. The van der Waals surface area contributed by atoms with Crippen molar-refractivity contribution < 1.29 is 13.6 Å². The molecular formula is C26H22F2N2O. The number of halogens is 2. The predicted molar refractivity (Wildman–Crippen MR) is 118 cm³/mol. The molecule has 4 rings (SSSR count). The third-order valence-corrected chi connectivity index (χ3v) is 5.26. The molecule has 3 aromatic carbocycles. The lowest BCUT2D eigenvalue weighted by Crippen LogP contribution is -2.23. The zero-order valence-corrected chi connectivity index (χ0v) is 17.3. The molecule has 3 nitrogen and oxygen atoms in total. The predicted octanol–water partition coefficient (Wildman–Crippen LogP) is 5.97. The molecule has 1 heterocycles. The van der Waals surface area contributed by atoms with E-state index in [-0.39, 0.29) is 17.5 Å². The van der Waals surface area contributed by atoms with E-state index in [2.05, 4.69) is 5.32 Å². The van der Waals surface area contributed by atoms with Crippen molar-refractivity contribution in [1.82, 2.24) is 9.88 Å². The molecule has 156 valence electrons. The highest BCUT2D eigenvalue weighted by molar-refractivity contribution is 5.97. The minimum absolute atomic E-state index is 0.225. The first-order valence-corrected chi connectivity index (χ1v) is 10.0. The van der Waals surface area contributed by atoms with Crippen LogP contribution in [-0.4, -0.2) is 10.5 Å². The summed E-state index contributed by atoms with van der Waals surface area (Å²) in [5.74, 6) is -0.854. The van der Waals surface area contributed by atoms with E-state index in [9.17, 15) is 13.6 Å². The maximum Gasteiger partial charge on any atom is 0.253 e. The van der Waals surface area contributed by atoms with Gasteiger partial charge in [0.15, 0.2) is 0 Å². The second-order valence-electron chi connectivity index (χ2n) is 7.52. The summed E-state index contributed by atoms with van der Waals surface area (Å²) in [7, 11) is 0. The lowest BCUT2D eigenvalue weighted by Gasteiger charge is -2.13. The van der Waals surface area contributed by atoms with Crippen LogP contribution in [0.4, 0.5) is 8.78 Å². The summed E-state index contributed by atoms with van der Waals surface area (Å²) in [6, 6.07) is 22.1. The summed E-state index contributed by atoms with van der Waals surface area (Å²) < 4.78 is 28.6. The molecule has 0 aliphatic carbocycles. The van der Waals surface area contributed by atoms with Crippen molar-refractivity contribution in [1.29, 1.82) is 0 Å². The number of nitrogens with one attached hydrogen (secondary N) is 1. The Morgan fingerprint density at radius 1 is 0.871 bits per heavy atom. The van der Waals surface area contributed by atoms with E-state index in [1.165, 1.54) is 24.3 Å². The first-order chi connectivity index (χ1) is 14.9. The maximum absolute atomic E-state index is 13.5. The first-order valence-electron chi connectivity index (χ1n) is 10.0. The van der Waals surface area contributed by atoms with Crippen molar-refractivity contribution in [2.24, 2.45) is 0 Å². The summed E-state index contributed by atoms with van der Waals surface area (Å²) in [6.45, 7) is 4.19. The number of aromatic nitrogens is 1. The van der Waals surface area contributed by atoms with E-state index >= 15 is 0 Å². The number of carbonyl (C=O) groups is 1. The third kappa shape index (κ3) is 4.40. The minimum atomic E-state index is -0.315. The summed E-state index contributed by atoms with van der Waals surface area (Å²) in [5.41, 5.74) is 5.75. The number of carbonyl (C=O) groups excluding carboxylic acids is 1. The Hall–Kier alpha value is -3.73. The van der Waals surface area contributed by atoms with Crippen molar-refractivity contribution in [3.8, 4) is 16.9 Å². The molecule has 5 heteroatoms. The van der Waals surface area contributed by atoms with Gasteiger partial charge in [-0.05, 0) is 85.1 Å². The van der Waals surface area contributed by atoms with Crippen LogP contribution in [0.15, 0.2) is 78.9 Å². The summed E-state index contributed by atoms with van der Waals surface area (Å²) >= 11 is 0. The molecule has 0 aliphatic heterocycles. The van der Waals surface area contributed by atoms with Gasteiger partial charge >= 0.3 is 0 Å². The van der Waals surface area contributed by atoms with Crippen LogP contribution < -0.4 is 5.32 Å². The van der Waals surface area contributed by atoms with Crippen LogP contribution in [0.5, 0.6) is 0 Å². The summed E-state index contributed by atoms with van der Waals surface area (Å²) in [4.78, 5) is 13.0. The van der Waals surface area contributed by atoms with E-state index in [0.717, 1.165) is 33.8 Å². The Balaban J connectivity index is 1.73. The van der Waals surface area contributed by atoms with Gasteiger partial charge in [-0.15, -0.1) is 0 Å². The van der Waals surface area contributed by atoms with Crippen molar-refractivity contribution in [2.75, 3.05) is 0 Å². The maximum atomic E-state index is 13.5. The largest absolute Gasteiger partial charge is 0.348 e.